The number of thiazole rings is 1. The number of aryl methyl sites for hydroxylation is 1. The van der Waals surface area contributed by atoms with Gasteiger partial charge in [0.15, 0.2) is 5.13 Å². The molecule has 0 aliphatic heterocycles. The number of ether oxygens (including phenoxy) is 1. The Balaban J connectivity index is 1.65. The van der Waals surface area contributed by atoms with Gasteiger partial charge < -0.3 is 10.5 Å². The number of hydrogen-bond donors (Lipinski definition) is 2. The Morgan fingerprint density at radius 1 is 1.22 bits per heavy atom. The summed E-state index contributed by atoms with van der Waals surface area (Å²) in [6, 6.07) is 17.4. The standard InChI is InChI=1S/C20H20N4O2S/c1-2-16-18(27-20(21)23-16)19(25)24-22-12-15-10-6-7-11-17(15)26-13-14-8-4-3-5-9-14/h3-12H,2,13H2,1H3,(H2,21,23)(H,24,25)/b22-12+. The van der Waals surface area contributed by atoms with Gasteiger partial charge in [-0.3, -0.25) is 4.79 Å². The number of aromatic nitrogens is 1. The van der Waals surface area contributed by atoms with Crippen LogP contribution in [0.2, 0.25) is 0 Å². The van der Waals surface area contributed by atoms with Crippen LogP contribution in [0, 0.1) is 0 Å². The van der Waals surface area contributed by atoms with Crippen molar-refractivity contribution in [2.45, 2.75) is 20.0 Å². The molecule has 1 amide bonds. The molecule has 7 heteroatoms. The highest BCUT2D eigenvalue weighted by molar-refractivity contribution is 7.17. The van der Waals surface area contributed by atoms with E-state index in [4.69, 9.17) is 10.5 Å². The molecule has 6 nitrogen and oxygen atoms in total. The van der Waals surface area contributed by atoms with Crippen molar-refractivity contribution in [2.75, 3.05) is 5.73 Å². The lowest BCUT2D eigenvalue weighted by molar-refractivity contribution is 0.0958. The lowest BCUT2D eigenvalue weighted by Gasteiger charge is -2.09. The van der Waals surface area contributed by atoms with Crippen molar-refractivity contribution >= 4 is 28.6 Å². The third-order valence-corrected chi connectivity index (χ3v) is 4.71. The fourth-order valence-corrected chi connectivity index (χ4v) is 3.26. The Morgan fingerprint density at radius 3 is 2.74 bits per heavy atom. The number of hydrazone groups is 1. The molecule has 0 bridgehead atoms. The van der Waals surface area contributed by atoms with E-state index in [2.05, 4.69) is 15.5 Å². The molecule has 2 aromatic carbocycles. The molecule has 0 saturated heterocycles. The van der Waals surface area contributed by atoms with Gasteiger partial charge in [0.2, 0.25) is 0 Å². The van der Waals surface area contributed by atoms with Crippen LogP contribution in [0.25, 0.3) is 0 Å². The molecule has 0 atom stereocenters. The smallest absolute Gasteiger partial charge is 0.283 e. The number of nitrogen functional groups attached to an aromatic ring is 1. The van der Waals surface area contributed by atoms with Crippen LogP contribution in [0.5, 0.6) is 5.75 Å². The van der Waals surface area contributed by atoms with E-state index in [1.54, 1.807) is 6.21 Å². The van der Waals surface area contributed by atoms with E-state index in [9.17, 15) is 4.79 Å². The third-order valence-electron chi connectivity index (χ3n) is 3.78. The maximum atomic E-state index is 12.3. The molecular weight excluding hydrogens is 360 g/mol. The number of benzene rings is 2. The Labute approximate surface area is 161 Å². The predicted molar refractivity (Wildman–Crippen MR) is 108 cm³/mol. The largest absolute Gasteiger partial charge is 0.488 e. The van der Waals surface area contributed by atoms with Crippen LogP contribution in [-0.2, 0) is 13.0 Å². The first-order valence-corrected chi connectivity index (χ1v) is 9.33. The number of nitrogens with zero attached hydrogens (tertiary/aromatic N) is 2. The summed E-state index contributed by atoms with van der Waals surface area (Å²) in [7, 11) is 0. The molecule has 0 unspecified atom stereocenters. The number of nitrogens with two attached hydrogens (primary N) is 1. The average molecular weight is 380 g/mol. The minimum Gasteiger partial charge on any atom is -0.488 e. The number of carbonyl (C=O) groups excluding carboxylic acids is 1. The summed E-state index contributed by atoms with van der Waals surface area (Å²) in [6.07, 6.45) is 2.20. The molecule has 0 spiro atoms. The molecule has 3 N–H and O–H groups in total. The van der Waals surface area contributed by atoms with E-state index in [1.807, 2.05) is 61.5 Å². The summed E-state index contributed by atoms with van der Waals surface area (Å²) in [5, 5.41) is 4.43. The molecule has 3 aromatic rings. The quantitative estimate of drug-likeness (QED) is 0.484. The minimum atomic E-state index is -0.319. The van der Waals surface area contributed by atoms with E-state index in [0.29, 0.717) is 34.5 Å². The molecular formula is C20H20N4O2S. The molecule has 0 aliphatic carbocycles. The van der Waals surface area contributed by atoms with Crippen molar-refractivity contribution in [1.82, 2.24) is 10.4 Å². The van der Waals surface area contributed by atoms with Gasteiger partial charge in [-0.05, 0) is 24.1 Å². The zero-order chi connectivity index (χ0) is 19.1. The second-order valence-corrected chi connectivity index (χ2v) is 6.72. The Bertz CT molecular complexity index is 938. The van der Waals surface area contributed by atoms with Gasteiger partial charge in [-0.15, -0.1) is 0 Å². The van der Waals surface area contributed by atoms with Crippen LogP contribution in [0.4, 0.5) is 5.13 Å². The number of anilines is 1. The van der Waals surface area contributed by atoms with Crippen LogP contribution >= 0.6 is 11.3 Å². The third kappa shape index (κ3) is 4.92. The molecule has 3 rings (SSSR count). The topological polar surface area (TPSA) is 89.6 Å². The molecule has 138 valence electrons. The van der Waals surface area contributed by atoms with Crippen molar-refractivity contribution in [2.24, 2.45) is 5.10 Å². The Morgan fingerprint density at radius 2 is 1.96 bits per heavy atom. The number of hydrogen-bond acceptors (Lipinski definition) is 6. The minimum absolute atomic E-state index is 0.319. The van der Waals surface area contributed by atoms with Gasteiger partial charge in [0, 0.05) is 5.56 Å². The number of carbonyl (C=O) groups is 1. The lowest BCUT2D eigenvalue weighted by atomic mass is 10.2. The van der Waals surface area contributed by atoms with Gasteiger partial charge in [-0.2, -0.15) is 5.10 Å². The van der Waals surface area contributed by atoms with E-state index < -0.39 is 0 Å². The molecule has 1 heterocycles. The van der Waals surface area contributed by atoms with Crippen LogP contribution < -0.4 is 15.9 Å². The van der Waals surface area contributed by atoms with Gasteiger partial charge in [0.1, 0.15) is 17.2 Å². The van der Waals surface area contributed by atoms with Crippen molar-refractivity contribution in [3.8, 4) is 5.75 Å². The molecule has 0 fully saturated rings. The second-order valence-electron chi connectivity index (χ2n) is 5.69. The zero-order valence-electron chi connectivity index (χ0n) is 14.9. The fraction of sp³-hybridized carbons (Fsp3) is 0.150. The first-order valence-electron chi connectivity index (χ1n) is 8.51. The fourth-order valence-electron chi connectivity index (χ4n) is 2.45. The summed E-state index contributed by atoms with van der Waals surface area (Å²) < 4.78 is 5.88. The van der Waals surface area contributed by atoms with Gasteiger partial charge in [-0.25, -0.2) is 10.4 Å². The van der Waals surface area contributed by atoms with Crippen LogP contribution in [0.3, 0.4) is 0 Å². The number of nitrogens with one attached hydrogen (secondary N) is 1. The molecule has 0 aliphatic rings. The summed E-state index contributed by atoms with van der Waals surface area (Å²) in [4.78, 5) is 16.9. The molecule has 0 radical (unpaired) electrons. The summed E-state index contributed by atoms with van der Waals surface area (Å²) in [5.74, 6) is 0.371. The van der Waals surface area contributed by atoms with E-state index >= 15 is 0 Å². The number of amides is 1. The first-order chi connectivity index (χ1) is 13.2. The number of para-hydroxylation sites is 1. The summed E-state index contributed by atoms with van der Waals surface area (Å²) >= 11 is 1.16. The van der Waals surface area contributed by atoms with Crippen molar-refractivity contribution in [3.05, 3.63) is 76.3 Å². The second kappa shape index (κ2) is 8.95. The molecule has 0 saturated carbocycles. The van der Waals surface area contributed by atoms with Gasteiger partial charge in [0.25, 0.3) is 5.91 Å². The van der Waals surface area contributed by atoms with Crippen molar-refractivity contribution in [1.29, 1.82) is 0 Å². The SMILES string of the molecule is CCc1nc(N)sc1C(=O)N/N=C/c1ccccc1OCc1ccccc1. The Hall–Kier alpha value is -3.19. The predicted octanol–water partition coefficient (Wildman–Crippen LogP) is 3.63. The van der Waals surface area contributed by atoms with E-state index in [-0.39, 0.29) is 5.91 Å². The van der Waals surface area contributed by atoms with E-state index in [0.717, 1.165) is 22.5 Å². The maximum absolute atomic E-state index is 12.3. The van der Waals surface area contributed by atoms with Gasteiger partial charge in [-0.1, -0.05) is 60.7 Å². The highest BCUT2D eigenvalue weighted by Crippen LogP contribution is 2.21. The normalized spacial score (nSPS) is 10.9. The molecule has 1 aromatic heterocycles. The Kier molecular flexibility index (Phi) is 6.17. The number of rotatable bonds is 7. The van der Waals surface area contributed by atoms with Crippen LogP contribution in [0.1, 0.15) is 33.4 Å². The summed E-state index contributed by atoms with van der Waals surface area (Å²) in [6.45, 7) is 2.38. The van der Waals surface area contributed by atoms with Crippen molar-refractivity contribution < 1.29 is 9.53 Å². The van der Waals surface area contributed by atoms with E-state index in [1.165, 1.54) is 0 Å². The first kappa shape index (κ1) is 18.6. The molecule has 27 heavy (non-hydrogen) atoms. The van der Waals surface area contributed by atoms with Crippen LogP contribution in [0.15, 0.2) is 59.7 Å². The average Bonchev–Trinajstić information content (AvgIpc) is 3.09. The van der Waals surface area contributed by atoms with Gasteiger partial charge >= 0.3 is 0 Å². The van der Waals surface area contributed by atoms with Crippen molar-refractivity contribution in [3.63, 3.8) is 0 Å². The lowest BCUT2D eigenvalue weighted by Crippen LogP contribution is -2.17. The monoisotopic (exact) mass is 380 g/mol. The highest BCUT2D eigenvalue weighted by atomic mass is 32.1. The zero-order valence-corrected chi connectivity index (χ0v) is 15.7. The van der Waals surface area contributed by atoms with Gasteiger partial charge in [0.05, 0.1) is 11.9 Å². The highest BCUT2D eigenvalue weighted by Gasteiger charge is 2.15. The summed E-state index contributed by atoms with van der Waals surface area (Å²) in [5.41, 5.74) is 10.7. The maximum Gasteiger partial charge on any atom is 0.283 e. The van der Waals surface area contributed by atoms with Crippen LogP contribution in [-0.4, -0.2) is 17.1 Å².